The molecule has 0 bridgehead atoms. The van der Waals surface area contributed by atoms with Gasteiger partial charge in [-0.1, -0.05) is 133 Å². The number of alkyl carbamates (subject to hydrolysis) is 2. The molecule has 1 aliphatic rings. The zero-order chi connectivity index (χ0) is 50.9. The van der Waals surface area contributed by atoms with Gasteiger partial charge in [-0.3, -0.25) is 9.59 Å². The first-order chi connectivity index (χ1) is 35.1. The predicted octanol–water partition coefficient (Wildman–Crippen LogP) is 8.87. The van der Waals surface area contributed by atoms with Gasteiger partial charge in [0.25, 0.3) is 0 Å². The van der Waals surface area contributed by atoms with Gasteiger partial charge in [-0.2, -0.15) is 0 Å². The number of rotatable bonds is 29. The zero-order valence-corrected chi connectivity index (χ0v) is 40.7. The van der Waals surface area contributed by atoms with Crippen LogP contribution >= 0.6 is 0 Å². The molecule has 0 heterocycles. The number of allylic oxidation sites excluding steroid dienone is 2. The fraction of sp³-hybridized carbons (Fsp3) is 0.328. The highest BCUT2D eigenvalue weighted by molar-refractivity contribution is 5.86. The van der Waals surface area contributed by atoms with Crippen molar-refractivity contribution >= 4 is 30.0 Å². The Morgan fingerprint density at radius 1 is 0.625 bits per heavy atom. The molecule has 14 nitrogen and oxygen atoms in total. The molecule has 0 saturated carbocycles. The van der Waals surface area contributed by atoms with Gasteiger partial charge < -0.3 is 45.3 Å². The molecule has 5 aromatic carbocycles. The van der Waals surface area contributed by atoms with Crippen LogP contribution in [0.25, 0.3) is 11.1 Å². The van der Waals surface area contributed by atoms with E-state index >= 15 is 0 Å². The fourth-order valence-electron chi connectivity index (χ4n) is 8.50. The van der Waals surface area contributed by atoms with E-state index in [9.17, 15) is 29.1 Å². The van der Waals surface area contributed by atoms with Gasteiger partial charge in [-0.25, -0.2) is 14.4 Å². The maximum atomic E-state index is 14.0. The summed E-state index contributed by atoms with van der Waals surface area (Å²) in [5, 5.41) is 21.5. The predicted molar refractivity (Wildman–Crippen MR) is 276 cm³/mol. The Kier molecular flexibility index (Phi) is 21.5. The number of carbonyl (C=O) groups is 5. The maximum Gasteiger partial charge on any atom is 0.407 e. The van der Waals surface area contributed by atoms with Crippen LogP contribution in [0.3, 0.4) is 0 Å². The molecule has 378 valence electrons. The summed E-state index contributed by atoms with van der Waals surface area (Å²) in [6.07, 6.45) is 4.09. The normalized spacial score (nSPS) is 13.1. The number of unbranched alkanes of at least 4 members (excludes halogenated alkanes) is 1. The molecule has 4 amide bonds. The van der Waals surface area contributed by atoms with Gasteiger partial charge in [0, 0.05) is 18.9 Å². The molecule has 1 aliphatic carbocycles. The van der Waals surface area contributed by atoms with Crippen LogP contribution in [0.1, 0.15) is 78.7 Å². The van der Waals surface area contributed by atoms with E-state index < -0.39 is 54.0 Å². The first-order valence-electron chi connectivity index (χ1n) is 24.5. The fourth-order valence-corrected chi connectivity index (χ4v) is 8.50. The third-order valence-electron chi connectivity index (χ3n) is 12.3. The minimum atomic E-state index is -1.08. The van der Waals surface area contributed by atoms with Gasteiger partial charge in [-0.15, -0.1) is 13.2 Å². The van der Waals surface area contributed by atoms with Crippen LogP contribution in [-0.4, -0.2) is 79.6 Å². The van der Waals surface area contributed by atoms with E-state index in [0.717, 1.165) is 38.9 Å². The molecule has 5 aromatic rings. The van der Waals surface area contributed by atoms with Crippen molar-refractivity contribution in [3.05, 3.63) is 187 Å². The molecule has 0 aromatic heterocycles. The highest BCUT2D eigenvalue weighted by atomic mass is 16.6. The van der Waals surface area contributed by atoms with Crippen molar-refractivity contribution in [1.82, 2.24) is 21.3 Å². The number of nitrogens with one attached hydrogen (secondary N) is 4. The average molecular weight is 979 g/mol. The standard InChI is InChI=1S/C58H66N4O10/c1-3-5-28-53(62-58(68)72-40-52-50-26-14-12-24-48(50)49-25-13-15-27-51(49)52)56(66)70-39-45(23-16-17-33-59-57(67)71-38-43-21-10-7-11-22-43)61-55(65)44(18-4-2)35-54(64)60-46(36-63)34-41-29-31-47(32-30-41)69-37-42-19-8-6-9-20-42/h3-4,6-15,19-22,24-27,29-32,44-46,52-53,63H,1-2,5,16-18,23,28,33-40H2,(H,59,67)(H,60,64)(H,61,65)(H,62,68)/t44-,45+,46+,53+/m1/s1. The summed E-state index contributed by atoms with van der Waals surface area (Å²) < 4.78 is 22.8. The Morgan fingerprint density at radius 3 is 1.90 bits per heavy atom. The van der Waals surface area contributed by atoms with Crippen LogP contribution in [0.5, 0.6) is 5.75 Å². The summed E-state index contributed by atoms with van der Waals surface area (Å²) >= 11 is 0. The molecular weight excluding hydrogens is 913 g/mol. The minimum absolute atomic E-state index is 0.0564. The lowest BCUT2D eigenvalue weighted by Gasteiger charge is -2.24. The molecule has 0 saturated heterocycles. The smallest absolute Gasteiger partial charge is 0.407 e. The van der Waals surface area contributed by atoms with E-state index in [-0.39, 0.29) is 51.6 Å². The molecule has 0 radical (unpaired) electrons. The third-order valence-corrected chi connectivity index (χ3v) is 12.3. The Balaban J connectivity index is 1.03. The Hall–Kier alpha value is -7.71. The summed E-state index contributed by atoms with van der Waals surface area (Å²) in [7, 11) is 0. The van der Waals surface area contributed by atoms with Gasteiger partial charge in [0.15, 0.2) is 0 Å². The number of hydrogen-bond donors (Lipinski definition) is 5. The monoisotopic (exact) mass is 978 g/mol. The lowest BCUT2D eigenvalue weighted by molar-refractivity contribution is -0.147. The quantitative estimate of drug-likeness (QED) is 0.0134. The lowest BCUT2D eigenvalue weighted by atomic mass is 9.98. The van der Waals surface area contributed by atoms with Crippen LogP contribution in [0.2, 0.25) is 0 Å². The van der Waals surface area contributed by atoms with Crippen molar-refractivity contribution in [1.29, 1.82) is 0 Å². The molecule has 5 N–H and O–H groups in total. The SMILES string of the molecule is C=CCC[C@H](NC(=O)OCC1c2ccccc2-c2ccccc21)C(=O)OC[C@H](CCCCNC(=O)OCc1ccccc1)NC(=O)[C@H](CC=C)CC(=O)N[C@H](CO)Cc1ccc(OCc2ccccc2)cc1. The summed E-state index contributed by atoms with van der Waals surface area (Å²) in [4.78, 5) is 66.8. The molecular formula is C58H66N4O10. The van der Waals surface area contributed by atoms with E-state index in [1.54, 1.807) is 12.2 Å². The van der Waals surface area contributed by atoms with Gasteiger partial charge in [0.1, 0.15) is 38.2 Å². The lowest BCUT2D eigenvalue weighted by Crippen LogP contribution is -2.46. The van der Waals surface area contributed by atoms with Gasteiger partial charge >= 0.3 is 18.2 Å². The molecule has 0 fully saturated rings. The number of ether oxygens (including phenoxy) is 4. The summed E-state index contributed by atoms with van der Waals surface area (Å²) in [5.41, 5.74) is 7.04. The van der Waals surface area contributed by atoms with Crippen LogP contribution < -0.4 is 26.0 Å². The van der Waals surface area contributed by atoms with E-state index in [4.69, 9.17) is 18.9 Å². The Morgan fingerprint density at radius 2 is 1.26 bits per heavy atom. The topological polar surface area (TPSA) is 191 Å². The van der Waals surface area contributed by atoms with Crippen molar-refractivity contribution < 1.29 is 48.0 Å². The van der Waals surface area contributed by atoms with Crippen LogP contribution in [0.15, 0.2) is 159 Å². The number of benzene rings is 5. The number of fused-ring (bicyclic) bond motifs is 3. The molecule has 0 unspecified atom stereocenters. The number of esters is 1. The van der Waals surface area contributed by atoms with E-state index in [0.29, 0.717) is 51.0 Å². The van der Waals surface area contributed by atoms with Crippen LogP contribution in [-0.2, 0) is 48.2 Å². The highest BCUT2D eigenvalue weighted by Crippen LogP contribution is 2.44. The number of amides is 4. The third kappa shape index (κ3) is 17.0. The average Bonchev–Trinajstić information content (AvgIpc) is 3.73. The molecule has 14 heteroatoms. The van der Waals surface area contributed by atoms with Gasteiger partial charge in [0.05, 0.1) is 24.6 Å². The number of hydrogen-bond acceptors (Lipinski definition) is 10. The summed E-state index contributed by atoms with van der Waals surface area (Å²) in [6, 6.07) is 40.1. The molecule has 4 atom stereocenters. The molecule has 6 rings (SSSR count). The highest BCUT2D eigenvalue weighted by Gasteiger charge is 2.31. The largest absolute Gasteiger partial charge is 0.489 e. The van der Waals surface area contributed by atoms with Crippen LogP contribution in [0.4, 0.5) is 9.59 Å². The maximum absolute atomic E-state index is 14.0. The van der Waals surface area contributed by atoms with E-state index in [1.165, 1.54) is 0 Å². The van der Waals surface area contributed by atoms with Crippen molar-refractivity contribution in [3.8, 4) is 16.9 Å². The van der Waals surface area contributed by atoms with Crippen molar-refractivity contribution in [2.24, 2.45) is 5.92 Å². The van der Waals surface area contributed by atoms with Crippen molar-refractivity contribution in [2.45, 2.75) is 88.6 Å². The van der Waals surface area contributed by atoms with E-state index in [2.05, 4.69) is 34.4 Å². The molecule has 72 heavy (non-hydrogen) atoms. The van der Waals surface area contributed by atoms with Crippen molar-refractivity contribution in [3.63, 3.8) is 0 Å². The number of aliphatic hydroxyl groups excluding tert-OH is 1. The second-order valence-corrected chi connectivity index (χ2v) is 17.7. The second-order valence-electron chi connectivity index (χ2n) is 17.7. The number of aliphatic hydroxyl groups is 1. The van der Waals surface area contributed by atoms with Gasteiger partial charge in [-0.05, 0) is 96.0 Å². The molecule has 0 spiro atoms. The van der Waals surface area contributed by atoms with Crippen LogP contribution in [0, 0.1) is 5.92 Å². The van der Waals surface area contributed by atoms with Gasteiger partial charge in [0.2, 0.25) is 11.8 Å². The summed E-state index contributed by atoms with van der Waals surface area (Å²) in [6.45, 7) is 7.90. The minimum Gasteiger partial charge on any atom is -0.489 e. The van der Waals surface area contributed by atoms with Crippen molar-refractivity contribution in [2.75, 3.05) is 26.4 Å². The zero-order valence-electron chi connectivity index (χ0n) is 40.7. The summed E-state index contributed by atoms with van der Waals surface area (Å²) in [5.74, 6) is -1.94. The Labute approximate surface area is 422 Å². The first kappa shape index (κ1) is 53.6. The first-order valence-corrected chi connectivity index (χ1v) is 24.5. The molecule has 0 aliphatic heterocycles. The van der Waals surface area contributed by atoms with E-state index in [1.807, 2.05) is 133 Å². The Bertz CT molecular complexity index is 2490. The number of carbonyl (C=O) groups excluding carboxylic acids is 5. The second kappa shape index (κ2) is 28.8.